The Labute approximate surface area is 150 Å². The number of unbranched alkanes of at least 4 members (excludes halogenated alkanes) is 9. The summed E-state index contributed by atoms with van der Waals surface area (Å²) in [5.41, 5.74) is 0. The van der Waals surface area contributed by atoms with E-state index in [4.69, 9.17) is 31.3 Å². The molecule has 0 atom stereocenters. The number of allylic oxidation sites excluding steroid dienone is 4. The number of hydrogen-bond donors (Lipinski definition) is 0. The summed E-state index contributed by atoms with van der Waals surface area (Å²) in [6, 6.07) is 0. The maximum absolute atomic E-state index is 8.25. The van der Waals surface area contributed by atoms with Crippen LogP contribution in [0, 0.1) is 15.3 Å². The van der Waals surface area contributed by atoms with Crippen LogP contribution >= 0.6 is 0 Å². The third-order valence-electron chi connectivity index (χ3n) is 3.31. The Balaban J connectivity index is 0. The first-order valence-electron chi connectivity index (χ1n) is 8.77. The molecular formula is C18H33CuNO3. The van der Waals surface area contributed by atoms with Gasteiger partial charge in [0.1, 0.15) is 0 Å². The molecule has 0 heterocycles. The summed E-state index contributed by atoms with van der Waals surface area (Å²) in [4.78, 5) is 8.25. The Hall–Kier alpha value is -0.801. The smallest absolute Gasteiger partial charge is 0.0689 e. The average Bonchev–Trinajstić information content (AvgIpc) is 2.50. The Morgan fingerprint density at radius 3 is 1.70 bits per heavy atom. The summed E-state index contributed by atoms with van der Waals surface area (Å²) in [5.74, 6) is 0. The molecule has 0 aromatic heterocycles. The molecule has 0 radical (unpaired) electrons. The SMILES string of the molecule is CCCCC/C=C\C/C=C\CCCCCCC[CH2][Cu+].O=[N+]([O-])[O-]. The molecule has 0 aliphatic heterocycles. The molecule has 0 spiro atoms. The summed E-state index contributed by atoms with van der Waals surface area (Å²) < 4.78 is 0. The van der Waals surface area contributed by atoms with Gasteiger partial charge in [-0.25, -0.2) is 0 Å². The topological polar surface area (TPSA) is 66.2 Å². The molecule has 0 fully saturated rings. The second kappa shape index (κ2) is 23.5. The molecule has 0 unspecified atom stereocenters. The van der Waals surface area contributed by atoms with Crippen LogP contribution in [0.3, 0.4) is 0 Å². The van der Waals surface area contributed by atoms with Gasteiger partial charge in [-0.1, -0.05) is 25.8 Å². The van der Waals surface area contributed by atoms with Crippen molar-refractivity contribution in [2.75, 3.05) is 0 Å². The van der Waals surface area contributed by atoms with E-state index in [0.717, 1.165) is 11.7 Å². The first-order valence-corrected chi connectivity index (χ1v) is 9.43. The molecule has 139 valence electrons. The minimum Gasteiger partial charge on any atom is -0.356 e. The zero-order valence-corrected chi connectivity index (χ0v) is 15.4. The third-order valence-corrected chi connectivity index (χ3v) is 3.64. The van der Waals surface area contributed by atoms with E-state index in [1.165, 1.54) is 70.6 Å². The molecule has 0 amide bonds. The van der Waals surface area contributed by atoms with Crippen LogP contribution in [0.15, 0.2) is 24.3 Å². The molecule has 0 N–H and O–H groups in total. The number of nitrogens with zero attached hydrogens (tertiary/aromatic N) is 1. The van der Waals surface area contributed by atoms with Gasteiger partial charge in [0.2, 0.25) is 0 Å². The van der Waals surface area contributed by atoms with Gasteiger partial charge in [-0.15, -0.1) is 0 Å². The zero-order valence-electron chi connectivity index (χ0n) is 14.5. The Morgan fingerprint density at radius 2 is 1.22 bits per heavy atom. The maximum atomic E-state index is 8.25. The van der Waals surface area contributed by atoms with Crippen LogP contribution in [0.4, 0.5) is 0 Å². The molecule has 5 heteroatoms. The van der Waals surface area contributed by atoms with Crippen LogP contribution in [0.1, 0.15) is 84.0 Å². The van der Waals surface area contributed by atoms with Crippen molar-refractivity contribution in [3.8, 4) is 0 Å². The van der Waals surface area contributed by atoms with Gasteiger partial charge in [-0.05, 0) is 12.8 Å². The molecular weight excluding hydrogens is 342 g/mol. The van der Waals surface area contributed by atoms with Gasteiger partial charge in [0, 0.05) is 0 Å². The summed E-state index contributed by atoms with van der Waals surface area (Å²) >= 11 is 5.07. The van der Waals surface area contributed by atoms with Crippen molar-refractivity contribution in [3.05, 3.63) is 39.6 Å². The van der Waals surface area contributed by atoms with Gasteiger partial charge in [-0.2, -0.15) is 0 Å². The van der Waals surface area contributed by atoms with Crippen molar-refractivity contribution in [2.45, 2.75) is 89.3 Å². The number of rotatable bonds is 14. The molecule has 0 aromatic rings. The molecule has 4 nitrogen and oxygen atoms in total. The standard InChI is InChI=1S/C18H33.Cu.NO3/c1-3-5-7-9-11-13-15-17-18-16-14-12-10-8-6-4-2;;2-1(3)4/h12,14,17-18H,1,3-11,13,15-16H2,2H3;;/q;+1;-1/b14-12-,18-17-;;. The molecule has 0 aromatic carbocycles. The van der Waals surface area contributed by atoms with E-state index in [0.29, 0.717) is 0 Å². The Bertz CT molecular complexity index is 290. The zero-order chi connectivity index (χ0) is 17.6. The Kier molecular flexibility index (Phi) is 24.9. The minimum absolute atomic E-state index is 0.918. The van der Waals surface area contributed by atoms with Gasteiger partial charge in [0.25, 0.3) is 0 Å². The van der Waals surface area contributed by atoms with E-state index < -0.39 is 5.09 Å². The predicted octanol–water partition coefficient (Wildman–Crippen LogP) is 6.53. The second-order valence-electron chi connectivity index (χ2n) is 5.46. The monoisotopic (exact) mass is 374 g/mol. The first-order chi connectivity index (χ1) is 11.1. The van der Waals surface area contributed by atoms with E-state index >= 15 is 0 Å². The van der Waals surface area contributed by atoms with Gasteiger partial charge >= 0.3 is 90.9 Å². The summed E-state index contributed by atoms with van der Waals surface area (Å²) in [6.45, 7) is 2.26. The summed E-state index contributed by atoms with van der Waals surface area (Å²) in [6.07, 6.45) is 25.0. The van der Waals surface area contributed by atoms with Crippen LogP contribution in [0.25, 0.3) is 0 Å². The quantitative estimate of drug-likeness (QED) is 0.114. The van der Waals surface area contributed by atoms with Gasteiger partial charge < -0.3 is 15.3 Å². The minimum atomic E-state index is -1.75. The fraction of sp³-hybridized carbons (Fsp3) is 0.778. The van der Waals surface area contributed by atoms with E-state index in [1.54, 1.807) is 0 Å². The van der Waals surface area contributed by atoms with Crippen molar-refractivity contribution in [1.29, 1.82) is 0 Å². The van der Waals surface area contributed by atoms with Crippen molar-refractivity contribution in [2.24, 2.45) is 0 Å². The van der Waals surface area contributed by atoms with Gasteiger partial charge in [0.05, 0.1) is 5.09 Å². The van der Waals surface area contributed by atoms with Crippen molar-refractivity contribution < 1.29 is 21.1 Å². The molecule has 0 aliphatic carbocycles. The summed E-state index contributed by atoms with van der Waals surface area (Å²) in [5, 5.41) is 15.7. The predicted molar refractivity (Wildman–Crippen MR) is 94.5 cm³/mol. The van der Waals surface area contributed by atoms with Gasteiger partial charge in [0.15, 0.2) is 0 Å². The third kappa shape index (κ3) is 33.8. The molecule has 0 saturated heterocycles. The maximum Gasteiger partial charge on any atom is 0.0689 e. The summed E-state index contributed by atoms with van der Waals surface area (Å²) in [7, 11) is 0. The fourth-order valence-corrected chi connectivity index (χ4v) is 2.30. The van der Waals surface area contributed by atoms with E-state index in [9.17, 15) is 0 Å². The van der Waals surface area contributed by atoms with Crippen LogP contribution in [-0.2, 0) is 16.0 Å². The average molecular weight is 375 g/mol. The van der Waals surface area contributed by atoms with Gasteiger partial charge in [-0.3, -0.25) is 0 Å². The second-order valence-corrected chi connectivity index (χ2v) is 5.93. The van der Waals surface area contributed by atoms with Crippen LogP contribution in [0.5, 0.6) is 0 Å². The van der Waals surface area contributed by atoms with E-state index in [1.807, 2.05) is 0 Å². The first kappa shape index (κ1) is 24.5. The number of hydrogen-bond acceptors (Lipinski definition) is 3. The van der Waals surface area contributed by atoms with Crippen molar-refractivity contribution in [3.63, 3.8) is 0 Å². The van der Waals surface area contributed by atoms with E-state index in [2.05, 4.69) is 31.2 Å². The molecule has 0 bridgehead atoms. The van der Waals surface area contributed by atoms with Crippen LogP contribution in [0.2, 0.25) is 5.32 Å². The normalized spacial score (nSPS) is 10.9. The largest absolute Gasteiger partial charge is 0.356 e. The van der Waals surface area contributed by atoms with Crippen molar-refractivity contribution in [1.82, 2.24) is 0 Å². The molecule has 23 heavy (non-hydrogen) atoms. The molecule has 0 rings (SSSR count). The van der Waals surface area contributed by atoms with Crippen LogP contribution in [-0.4, -0.2) is 5.09 Å². The van der Waals surface area contributed by atoms with E-state index in [-0.39, 0.29) is 0 Å². The Morgan fingerprint density at radius 1 is 0.783 bits per heavy atom. The van der Waals surface area contributed by atoms with Crippen molar-refractivity contribution >= 4 is 0 Å². The molecule has 0 aliphatic rings. The molecule has 0 saturated carbocycles. The fourth-order valence-electron chi connectivity index (χ4n) is 2.06. The van der Waals surface area contributed by atoms with Crippen LogP contribution < -0.4 is 0 Å².